The summed E-state index contributed by atoms with van der Waals surface area (Å²) in [6.07, 6.45) is 0. The van der Waals surface area contributed by atoms with Gasteiger partial charge in [-0.3, -0.25) is 9.69 Å². The Hall–Kier alpha value is -2.16. The maximum Gasteiger partial charge on any atom is 0.249 e. The van der Waals surface area contributed by atoms with Gasteiger partial charge in [0.1, 0.15) is 12.4 Å². The predicted octanol–water partition coefficient (Wildman–Crippen LogP) is 0.658. The van der Waals surface area contributed by atoms with Gasteiger partial charge in [0.2, 0.25) is 15.9 Å². The fraction of sp³-hybridized carbons (Fsp3) is 0.625. The smallest absolute Gasteiger partial charge is 0.249 e. The lowest BCUT2D eigenvalue weighted by Crippen LogP contribution is -2.44. The van der Waals surface area contributed by atoms with E-state index < -0.39 is 10.0 Å². The van der Waals surface area contributed by atoms with Crippen LogP contribution in [-0.2, 0) is 19.6 Å². The predicted molar refractivity (Wildman–Crippen MR) is 132 cm³/mol. The number of amides is 1. The second-order valence-corrected chi connectivity index (χ2v) is 10.6. The zero-order valence-electron chi connectivity index (χ0n) is 21.3. The van der Waals surface area contributed by atoms with Crippen molar-refractivity contribution in [1.82, 2.24) is 19.0 Å². The van der Waals surface area contributed by atoms with Crippen LogP contribution < -0.4 is 4.74 Å². The molecule has 0 unspecified atom stereocenters. The van der Waals surface area contributed by atoms with Crippen LogP contribution >= 0.6 is 0 Å². The lowest BCUT2D eigenvalue weighted by Gasteiger charge is -2.30. The van der Waals surface area contributed by atoms with Crippen molar-refractivity contribution in [3.8, 4) is 17.6 Å². The summed E-state index contributed by atoms with van der Waals surface area (Å²) in [7, 11) is 3.16. The van der Waals surface area contributed by atoms with Gasteiger partial charge in [-0.15, -0.1) is 0 Å². The highest BCUT2D eigenvalue weighted by Crippen LogP contribution is 2.27. The van der Waals surface area contributed by atoms with Gasteiger partial charge in [-0.25, -0.2) is 8.42 Å². The molecule has 1 fully saturated rings. The van der Waals surface area contributed by atoms with Crippen LogP contribution in [0.1, 0.15) is 11.1 Å². The number of rotatable bonds is 10. The summed E-state index contributed by atoms with van der Waals surface area (Å²) < 4.78 is 37.9. The quantitative estimate of drug-likeness (QED) is 0.349. The van der Waals surface area contributed by atoms with Crippen LogP contribution in [0, 0.1) is 25.7 Å². The van der Waals surface area contributed by atoms with Crippen molar-refractivity contribution in [2.45, 2.75) is 18.7 Å². The molecular formula is C24H38N4O5S. The van der Waals surface area contributed by atoms with Crippen molar-refractivity contribution in [1.29, 1.82) is 0 Å². The Bertz CT molecular complexity index is 971. The van der Waals surface area contributed by atoms with Gasteiger partial charge in [0.15, 0.2) is 0 Å². The minimum absolute atomic E-state index is 0.110. The van der Waals surface area contributed by atoms with Crippen molar-refractivity contribution in [3.63, 3.8) is 0 Å². The number of methoxy groups -OCH3 is 1. The highest BCUT2D eigenvalue weighted by molar-refractivity contribution is 7.89. The molecule has 34 heavy (non-hydrogen) atoms. The molecule has 0 atom stereocenters. The molecule has 0 spiro atoms. The maximum absolute atomic E-state index is 13.0. The van der Waals surface area contributed by atoms with Crippen LogP contribution in [-0.4, -0.2) is 121 Å². The number of carbonyl (C=O) groups excluding carboxylic acids is 1. The molecule has 1 aliphatic rings. The van der Waals surface area contributed by atoms with Crippen LogP contribution in [0.15, 0.2) is 17.0 Å². The van der Waals surface area contributed by atoms with E-state index in [9.17, 15) is 13.2 Å². The first-order valence-corrected chi connectivity index (χ1v) is 12.8. The largest absolute Gasteiger partial charge is 0.497 e. The molecule has 1 aliphatic heterocycles. The molecule has 10 heteroatoms. The second kappa shape index (κ2) is 13.1. The van der Waals surface area contributed by atoms with E-state index in [0.29, 0.717) is 30.0 Å². The van der Waals surface area contributed by atoms with Gasteiger partial charge < -0.3 is 19.3 Å². The summed E-state index contributed by atoms with van der Waals surface area (Å²) in [6, 6.07) is 3.40. The zero-order valence-corrected chi connectivity index (χ0v) is 22.1. The van der Waals surface area contributed by atoms with Gasteiger partial charge in [-0.2, -0.15) is 4.31 Å². The third-order valence-corrected chi connectivity index (χ3v) is 8.04. The number of piperazine rings is 1. The Balaban J connectivity index is 1.75. The average Bonchev–Trinajstić information content (AvgIpc) is 2.79. The van der Waals surface area contributed by atoms with Gasteiger partial charge in [0.25, 0.3) is 0 Å². The molecule has 0 saturated carbocycles. The lowest BCUT2D eigenvalue weighted by atomic mass is 10.1. The zero-order chi connectivity index (χ0) is 25.3. The molecule has 0 N–H and O–H groups in total. The summed E-state index contributed by atoms with van der Waals surface area (Å²) in [5.41, 5.74) is 1.24. The summed E-state index contributed by atoms with van der Waals surface area (Å²) in [4.78, 5) is 18.6. The molecule has 190 valence electrons. The Kier molecular flexibility index (Phi) is 10.8. The van der Waals surface area contributed by atoms with E-state index >= 15 is 0 Å². The summed E-state index contributed by atoms with van der Waals surface area (Å²) in [5, 5.41) is 0. The summed E-state index contributed by atoms with van der Waals surface area (Å²) in [5.74, 6) is 6.59. The van der Waals surface area contributed by atoms with E-state index in [2.05, 4.69) is 28.7 Å². The van der Waals surface area contributed by atoms with E-state index in [4.69, 9.17) is 9.47 Å². The number of likely N-dealkylation sites (N-methyl/N-ethyl adjacent to an activating group) is 3. The third kappa shape index (κ3) is 7.96. The van der Waals surface area contributed by atoms with E-state index in [1.807, 2.05) is 0 Å². The van der Waals surface area contributed by atoms with Crippen LogP contribution in [0.4, 0.5) is 0 Å². The SMILES string of the molecule is COc1cc(C)c(S(=O)(=O)N(C)CCOCC(=O)N(C)CC#CCN2CCN(C)CC2)c(C)c1. The number of hydrogen-bond donors (Lipinski definition) is 0. The molecule has 0 radical (unpaired) electrons. The topological polar surface area (TPSA) is 82.6 Å². The van der Waals surface area contributed by atoms with Gasteiger partial charge >= 0.3 is 0 Å². The Morgan fingerprint density at radius 2 is 1.71 bits per heavy atom. The molecule has 1 amide bonds. The first-order chi connectivity index (χ1) is 16.1. The number of benzene rings is 1. The van der Waals surface area contributed by atoms with E-state index in [1.54, 1.807) is 40.1 Å². The fourth-order valence-corrected chi connectivity index (χ4v) is 5.17. The van der Waals surface area contributed by atoms with Gasteiger partial charge in [0, 0.05) is 46.8 Å². The van der Waals surface area contributed by atoms with Crippen molar-refractivity contribution in [2.75, 3.05) is 87.3 Å². The van der Waals surface area contributed by atoms with Gasteiger partial charge in [-0.1, -0.05) is 11.8 Å². The first kappa shape index (κ1) is 28.1. The van der Waals surface area contributed by atoms with Crippen LogP contribution in [0.2, 0.25) is 0 Å². The fourth-order valence-electron chi connectivity index (χ4n) is 3.61. The lowest BCUT2D eigenvalue weighted by molar-refractivity contribution is -0.134. The molecule has 2 rings (SSSR count). The molecule has 9 nitrogen and oxygen atoms in total. The molecule has 1 heterocycles. The highest BCUT2D eigenvalue weighted by Gasteiger charge is 2.25. The molecule has 0 bridgehead atoms. The minimum atomic E-state index is -3.69. The normalized spacial score (nSPS) is 15.1. The molecule has 0 aliphatic carbocycles. The standard InChI is InChI=1S/C24H38N4O5S/c1-20-17-22(32-6)18-21(2)24(20)34(30,31)27(5)15-16-33-19-23(29)26(4)9-7-8-10-28-13-11-25(3)12-14-28/h17-18H,9-16,19H2,1-6H3. The van der Waals surface area contributed by atoms with Crippen LogP contribution in [0.5, 0.6) is 5.75 Å². The molecular weight excluding hydrogens is 456 g/mol. The molecule has 1 aromatic rings. The average molecular weight is 495 g/mol. The van der Waals surface area contributed by atoms with E-state index in [-0.39, 0.29) is 30.6 Å². The van der Waals surface area contributed by atoms with E-state index in [0.717, 1.165) is 26.2 Å². The Morgan fingerprint density at radius 1 is 1.09 bits per heavy atom. The summed E-state index contributed by atoms with van der Waals surface area (Å²) in [6.45, 7) is 8.77. The number of hydrogen-bond acceptors (Lipinski definition) is 7. The maximum atomic E-state index is 13.0. The Morgan fingerprint density at radius 3 is 2.29 bits per heavy atom. The Labute approximate surface area is 204 Å². The number of ether oxygens (including phenoxy) is 2. The first-order valence-electron chi connectivity index (χ1n) is 11.4. The third-order valence-electron chi connectivity index (χ3n) is 5.88. The van der Waals surface area contributed by atoms with Crippen LogP contribution in [0.25, 0.3) is 0 Å². The van der Waals surface area contributed by atoms with E-state index in [1.165, 1.54) is 16.3 Å². The summed E-state index contributed by atoms with van der Waals surface area (Å²) >= 11 is 0. The van der Waals surface area contributed by atoms with Crippen molar-refractivity contribution in [3.05, 3.63) is 23.3 Å². The monoisotopic (exact) mass is 494 g/mol. The minimum Gasteiger partial charge on any atom is -0.497 e. The van der Waals surface area contributed by atoms with Gasteiger partial charge in [0.05, 0.1) is 31.7 Å². The highest BCUT2D eigenvalue weighted by atomic mass is 32.2. The molecule has 1 aromatic carbocycles. The molecule has 0 aromatic heterocycles. The number of nitrogens with zero attached hydrogens (tertiary/aromatic N) is 4. The van der Waals surface area contributed by atoms with Crippen LogP contribution in [0.3, 0.4) is 0 Å². The number of sulfonamides is 1. The number of aryl methyl sites for hydroxylation is 2. The van der Waals surface area contributed by atoms with Crippen molar-refractivity contribution >= 4 is 15.9 Å². The second-order valence-electron chi connectivity index (χ2n) is 8.65. The van der Waals surface area contributed by atoms with Crippen molar-refractivity contribution < 1.29 is 22.7 Å². The number of carbonyl (C=O) groups is 1. The van der Waals surface area contributed by atoms with Gasteiger partial charge in [-0.05, 0) is 44.2 Å². The van der Waals surface area contributed by atoms with Crippen molar-refractivity contribution in [2.24, 2.45) is 0 Å². The molecule has 1 saturated heterocycles.